The number of benzene rings is 2. The predicted octanol–water partition coefficient (Wildman–Crippen LogP) is 4.77. The van der Waals surface area contributed by atoms with Gasteiger partial charge in [-0.05, 0) is 55.3 Å². The molecular formula is C22H24ClFINO5. The van der Waals surface area contributed by atoms with Crippen LogP contribution in [0.5, 0.6) is 5.75 Å². The first kappa shape index (κ1) is 25.4. The van der Waals surface area contributed by atoms with E-state index in [4.69, 9.17) is 21.1 Å². The maximum absolute atomic E-state index is 14.6. The number of rotatable bonds is 10. The first-order chi connectivity index (χ1) is 14.7. The number of aliphatic carboxylic acids is 1. The molecule has 0 aliphatic rings. The normalized spacial score (nSPS) is 12.0. The molecule has 0 fully saturated rings. The number of hydrogen-bond donors (Lipinski definition) is 2. The predicted molar refractivity (Wildman–Crippen MR) is 125 cm³/mol. The molecule has 0 saturated heterocycles. The van der Waals surface area contributed by atoms with Gasteiger partial charge in [0.15, 0.2) is 17.7 Å². The number of carbonyl (C=O) groups is 2. The average Bonchev–Trinajstić information content (AvgIpc) is 2.70. The molecule has 0 spiro atoms. The topological polar surface area (TPSA) is 84.9 Å². The zero-order valence-electron chi connectivity index (χ0n) is 17.4. The van der Waals surface area contributed by atoms with E-state index in [1.54, 1.807) is 38.1 Å². The summed E-state index contributed by atoms with van der Waals surface area (Å²) in [5.74, 6) is -2.11. The molecule has 2 aromatic carbocycles. The molecule has 6 nitrogen and oxygen atoms in total. The van der Waals surface area contributed by atoms with E-state index in [1.165, 1.54) is 13.2 Å². The minimum absolute atomic E-state index is 0.00114. The molecule has 0 heterocycles. The Kier molecular flexibility index (Phi) is 9.52. The summed E-state index contributed by atoms with van der Waals surface area (Å²) >= 11 is 8.14. The Morgan fingerprint density at radius 3 is 2.52 bits per heavy atom. The molecule has 31 heavy (non-hydrogen) atoms. The van der Waals surface area contributed by atoms with Crippen molar-refractivity contribution in [3.8, 4) is 5.75 Å². The van der Waals surface area contributed by atoms with Crippen molar-refractivity contribution in [3.63, 3.8) is 0 Å². The van der Waals surface area contributed by atoms with Gasteiger partial charge in [-0.2, -0.15) is 0 Å². The second kappa shape index (κ2) is 11.6. The maximum atomic E-state index is 14.6. The number of carboxylic acids is 1. The highest BCUT2D eigenvalue weighted by molar-refractivity contribution is 14.1. The third kappa shape index (κ3) is 7.05. The fraction of sp³-hybridized carbons (Fsp3) is 0.364. The van der Waals surface area contributed by atoms with Crippen molar-refractivity contribution in [2.75, 3.05) is 7.11 Å². The van der Waals surface area contributed by atoms with Crippen molar-refractivity contribution in [2.24, 2.45) is 0 Å². The van der Waals surface area contributed by atoms with Crippen LogP contribution < -0.4 is 10.1 Å². The minimum Gasteiger partial charge on any atom is -0.493 e. The van der Waals surface area contributed by atoms with Crippen molar-refractivity contribution in [1.29, 1.82) is 0 Å². The fourth-order valence-corrected chi connectivity index (χ4v) is 3.92. The molecule has 1 unspecified atom stereocenters. The number of amides is 1. The number of halogens is 3. The van der Waals surface area contributed by atoms with Crippen LogP contribution in [-0.2, 0) is 26.9 Å². The van der Waals surface area contributed by atoms with Gasteiger partial charge in [-0.25, -0.2) is 9.18 Å². The molecule has 0 aliphatic carbocycles. The first-order valence-corrected chi connectivity index (χ1v) is 11.4. The number of nitrogens with one attached hydrogen (secondary N) is 1. The van der Waals surface area contributed by atoms with Gasteiger partial charge in [-0.15, -0.1) is 0 Å². The lowest BCUT2D eigenvalue weighted by atomic mass is 10.0. The van der Waals surface area contributed by atoms with Crippen LogP contribution in [0.25, 0.3) is 0 Å². The standard InChI is InChI=1S/C22H24ClFINO5/c1-12(2)31-19(22(28)29)8-13-6-15(20(30-3)18(24)7-13)11-26-21(27)17-5-4-16(23)9-14(17)10-25/h4-7,9,12,19H,8,10-11H2,1-3H3,(H,26,27)(H,28,29). The van der Waals surface area contributed by atoms with E-state index in [-0.39, 0.29) is 30.7 Å². The zero-order valence-corrected chi connectivity index (χ0v) is 20.3. The lowest BCUT2D eigenvalue weighted by Crippen LogP contribution is -2.29. The van der Waals surface area contributed by atoms with Crippen LogP contribution in [0.3, 0.4) is 0 Å². The third-order valence-corrected chi connectivity index (χ3v) is 5.47. The van der Waals surface area contributed by atoms with Crippen molar-refractivity contribution in [2.45, 2.75) is 43.4 Å². The van der Waals surface area contributed by atoms with Crippen LogP contribution in [0.4, 0.5) is 4.39 Å². The molecule has 2 rings (SSSR count). The second-order valence-electron chi connectivity index (χ2n) is 7.10. The monoisotopic (exact) mass is 563 g/mol. The summed E-state index contributed by atoms with van der Waals surface area (Å²) in [6, 6.07) is 7.83. The van der Waals surface area contributed by atoms with E-state index >= 15 is 0 Å². The van der Waals surface area contributed by atoms with Crippen LogP contribution >= 0.6 is 34.2 Å². The van der Waals surface area contributed by atoms with E-state index in [2.05, 4.69) is 27.9 Å². The summed E-state index contributed by atoms with van der Waals surface area (Å²) in [4.78, 5) is 24.2. The Morgan fingerprint density at radius 2 is 1.94 bits per heavy atom. The van der Waals surface area contributed by atoms with Gasteiger partial charge in [0, 0.05) is 33.5 Å². The highest BCUT2D eigenvalue weighted by Crippen LogP contribution is 2.26. The lowest BCUT2D eigenvalue weighted by Gasteiger charge is -2.18. The van der Waals surface area contributed by atoms with Gasteiger partial charge < -0.3 is 19.9 Å². The van der Waals surface area contributed by atoms with E-state index in [0.29, 0.717) is 26.1 Å². The van der Waals surface area contributed by atoms with Crippen molar-refractivity contribution >= 4 is 46.1 Å². The van der Waals surface area contributed by atoms with Crippen LogP contribution in [0.2, 0.25) is 5.02 Å². The molecule has 0 aromatic heterocycles. The molecule has 0 radical (unpaired) electrons. The summed E-state index contributed by atoms with van der Waals surface area (Å²) in [6.07, 6.45) is -1.43. The Morgan fingerprint density at radius 1 is 1.23 bits per heavy atom. The van der Waals surface area contributed by atoms with E-state index in [0.717, 1.165) is 5.56 Å². The zero-order chi connectivity index (χ0) is 23.1. The maximum Gasteiger partial charge on any atom is 0.333 e. The van der Waals surface area contributed by atoms with Crippen molar-refractivity contribution in [3.05, 3.63) is 63.4 Å². The number of methoxy groups -OCH3 is 1. The largest absolute Gasteiger partial charge is 0.493 e. The number of alkyl halides is 1. The summed E-state index contributed by atoms with van der Waals surface area (Å²) in [6.45, 7) is 3.46. The lowest BCUT2D eigenvalue weighted by molar-refractivity contribution is -0.153. The van der Waals surface area contributed by atoms with Gasteiger partial charge in [-0.1, -0.05) is 34.2 Å². The fourth-order valence-electron chi connectivity index (χ4n) is 3.09. The molecule has 1 atom stereocenters. The van der Waals surface area contributed by atoms with Crippen LogP contribution in [-0.4, -0.2) is 36.3 Å². The SMILES string of the molecule is COc1c(F)cc(CC(OC(C)C)C(=O)O)cc1CNC(=O)c1ccc(Cl)cc1CI. The molecule has 9 heteroatoms. The van der Waals surface area contributed by atoms with Gasteiger partial charge >= 0.3 is 5.97 Å². The van der Waals surface area contributed by atoms with Gasteiger partial charge in [-0.3, -0.25) is 4.79 Å². The van der Waals surface area contributed by atoms with Gasteiger partial charge in [0.2, 0.25) is 0 Å². The first-order valence-electron chi connectivity index (χ1n) is 9.52. The third-order valence-electron chi connectivity index (χ3n) is 4.41. The number of carboxylic acid groups (broad SMARTS) is 1. The van der Waals surface area contributed by atoms with E-state index in [9.17, 15) is 19.1 Å². The van der Waals surface area contributed by atoms with Crippen molar-refractivity contribution < 1.29 is 28.6 Å². The van der Waals surface area contributed by atoms with Gasteiger partial charge in [0.25, 0.3) is 5.91 Å². The number of hydrogen-bond acceptors (Lipinski definition) is 4. The average molecular weight is 564 g/mol. The molecule has 2 aromatic rings. The smallest absolute Gasteiger partial charge is 0.333 e. The molecule has 168 valence electrons. The molecule has 0 aliphatic heterocycles. The molecule has 0 bridgehead atoms. The van der Waals surface area contributed by atoms with Crippen LogP contribution in [0, 0.1) is 5.82 Å². The molecule has 1 amide bonds. The second-order valence-corrected chi connectivity index (χ2v) is 8.30. The van der Waals surface area contributed by atoms with E-state index in [1.807, 2.05) is 0 Å². The van der Waals surface area contributed by atoms with Crippen molar-refractivity contribution in [1.82, 2.24) is 5.32 Å². The molecule has 2 N–H and O–H groups in total. The Balaban J connectivity index is 2.25. The highest BCUT2D eigenvalue weighted by Gasteiger charge is 2.22. The van der Waals surface area contributed by atoms with Gasteiger partial charge in [0.1, 0.15) is 0 Å². The summed E-state index contributed by atoms with van der Waals surface area (Å²) in [7, 11) is 1.33. The highest BCUT2D eigenvalue weighted by atomic mass is 127. The van der Waals surface area contributed by atoms with E-state index < -0.39 is 17.9 Å². The summed E-state index contributed by atoms with van der Waals surface area (Å²) in [5.41, 5.74) is 2.08. The number of ether oxygens (including phenoxy) is 2. The number of carbonyl (C=O) groups excluding carboxylic acids is 1. The molecular weight excluding hydrogens is 540 g/mol. The van der Waals surface area contributed by atoms with Crippen LogP contribution in [0.15, 0.2) is 30.3 Å². The Labute approximate surface area is 199 Å². The Bertz CT molecular complexity index is 954. The summed E-state index contributed by atoms with van der Waals surface area (Å²) < 4.78 is 25.8. The quantitative estimate of drug-likeness (QED) is 0.321. The minimum atomic E-state index is -1.13. The molecule has 0 saturated carbocycles. The Hall–Kier alpha value is -1.91. The van der Waals surface area contributed by atoms with Gasteiger partial charge in [0.05, 0.1) is 13.2 Å². The van der Waals surface area contributed by atoms with Crippen LogP contribution in [0.1, 0.15) is 40.9 Å². The summed E-state index contributed by atoms with van der Waals surface area (Å²) in [5, 5.41) is 12.7.